The van der Waals surface area contributed by atoms with Crippen molar-refractivity contribution in [3.63, 3.8) is 0 Å². The lowest BCUT2D eigenvalue weighted by Crippen LogP contribution is -2.45. The number of hydrogen-bond donors (Lipinski definition) is 2. The highest BCUT2D eigenvalue weighted by atomic mass is 35.5. The number of carbonyl (C=O) groups excluding carboxylic acids is 1. The van der Waals surface area contributed by atoms with Crippen molar-refractivity contribution in [1.29, 1.82) is 0 Å². The summed E-state index contributed by atoms with van der Waals surface area (Å²) in [7, 11) is -2.26. The van der Waals surface area contributed by atoms with Crippen LogP contribution in [0.25, 0.3) is 0 Å². The molecule has 8 heteroatoms. The van der Waals surface area contributed by atoms with E-state index < -0.39 is 15.4 Å². The summed E-state index contributed by atoms with van der Waals surface area (Å²) in [4.78, 5) is 12.2. The van der Waals surface area contributed by atoms with E-state index in [2.05, 4.69) is 4.72 Å². The molecule has 0 saturated heterocycles. The quantitative estimate of drug-likeness (QED) is 0.665. The summed E-state index contributed by atoms with van der Waals surface area (Å²) in [5.41, 5.74) is 6.07. The monoisotopic (exact) mass is 416 g/mol. The molecule has 0 aliphatic heterocycles. The molecule has 0 amide bonds. The topological polar surface area (TPSA) is 98.5 Å². The molecule has 1 unspecified atom stereocenters. The number of sulfonamides is 1. The molecule has 2 aliphatic rings. The second-order valence-corrected chi connectivity index (χ2v) is 9.17. The molecular formula is C19H29ClN2O4S. The number of halogens is 1. The van der Waals surface area contributed by atoms with Gasteiger partial charge in [-0.15, -0.1) is 12.4 Å². The van der Waals surface area contributed by atoms with Crippen molar-refractivity contribution in [1.82, 2.24) is 4.72 Å². The molecule has 0 spiro atoms. The van der Waals surface area contributed by atoms with Crippen LogP contribution in [0.3, 0.4) is 0 Å². The lowest BCUT2D eigenvalue weighted by atomic mass is 9.84. The van der Waals surface area contributed by atoms with Crippen LogP contribution >= 0.6 is 12.4 Å². The third-order valence-electron chi connectivity index (χ3n) is 5.82. The molecule has 6 nitrogen and oxygen atoms in total. The van der Waals surface area contributed by atoms with Crippen molar-refractivity contribution in [2.45, 2.75) is 61.3 Å². The first-order chi connectivity index (χ1) is 12.4. The molecule has 2 fully saturated rings. The Balaban J connectivity index is 0.00000261. The number of rotatable bonds is 7. The van der Waals surface area contributed by atoms with E-state index in [9.17, 15) is 13.2 Å². The van der Waals surface area contributed by atoms with Gasteiger partial charge in [-0.05, 0) is 49.3 Å². The van der Waals surface area contributed by atoms with Crippen LogP contribution in [-0.2, 0) is 25.0 Å². The maximum Gasteiger partial charge on any atom is 0.316 e. The fourth-order valence-electron chi connectivity index (χ4n) is 4.02. The van der Waals surface area contributed by atoms with Crippen LogP contribution in [0, 0.1) is 5.92 Å². The molecule has 1 aromatic rings. The number of nitrogens with two attached hydrogens (primary N) is 1. The molecule has 3 N–H and O–H groups in total. The Bertz CT molecular complexity index is 741. The average Bonchev–Trinajstić information content (AvgIpc) is 3.48. The molecule has 3 rings (SSSR count). The molecule has 152 valence electrons. The van der Waals surface area contributed by atoms with E-state index in [1.807, 2.05) is 0 Å². The van der Waals surface area contributed by atoms with E-state index in [4.69, 9.17) is 10.5 Å². The van der Waals surface area contributed by atoms with Gasteiger partial charge in [0.25, 0.3) is 0 Å². The normalized spacial score (nSPS) is 20.4. The van der Waals surface area contributed by atoms with E-state index >= 15 is 0 Å². The van der Waals surface area contributed by atoms with Crippen molar-refractivity contribution < 1.29 is 17.9 Å². The number of esters is 1. The Hall–Kier alpha value is -1.15. The molecule has 0 radical (unpaired) electrons. The van der Waals surface area contributed by atoms with E-state index in [0.717, 1.165) is 44.1 Å². The molecule has 1 atom stereocenters. The van der Waals surface area contributed by atoms with Gasteiger partial charge in [-0.3, -0.25) is 4.79 Å². The predicted octanol–water partition coefficient (Wildman–Crippen LogP) is 2.50. The van der Waals surface area contributed by atoms with Gasteiger partial charge in [-0.25, -0.2) is 13.1 Å². The van der Waals surface area contributed by atoms with Gasteiger partial charge in [0.2, 0.25) is 10.0 Å². The first kappa shape index (κ1) is 22.1. The maximum absolute atomic E-state index is 12.8. The van der Waals surface area contributed by atoms with Gasteiger partial charge < -0.3 is 10.5 Å². The van der Waals surface area contributed by atoms with Crippen LogP contribution in [0.5, 0.6) is 0 Å². The lowest BCUT2D eigenvalue weighted by Gasteiger charge is -2.29. The van der Waals surface area contributed by atoms with Crippen molar-refractivity contribution in [2.24, 2.45) is 11.7 Å². The zero-order valence-corrected chi connectivity index (χ0v) is 17.3. The van der Waals surface area contributed by atoms with Gasteiger partial charge in [0, 0.05) is 12.6 Å². The summed E-state index contributed by atoms with van der Waals surface area (Å²) < 4.78 is 33.2. The van der Waals surface area contributed by atoms with Crippen LogP contribution in [0.15, 0.2) is 29.2 Å². The van der Waals surface area contributed by atoms with Crippen LogP contribution in [0.1, 0.15) is 50.5 Å². The van der Waals surface area contributed by atoms with Crippen LogP contribution in [0.4, 0.5) is 0 Å². The molecule has 27 heavy (non-hydrogen) atoms. The highest BCUT2D eigenvalue weighted by molar-refractivity contribution is 7.89. The second kappa shape index (κ2) is 8.90. The fourth-order valence-corrected chi connectivity index (χ4v) is 5.34. The standard InChI is InChI=1S/C19H28N2O4S.ClH/c1-25-18(22)19(11-12-19)15-7-9-16(10-8-15)26(23,24)21-17(13-20)14-5-3-2-4-6-14;/h7-10,14,17,21H,2-6,11-13,20H2,1H3;1H. The summed E-state index contributed by atoms with van der Waals surface area (Å²) in [6.45, 7) is 0.299. The Morgan fingerprint density at radius 2 is 1.81 bits per heavy atom. The number of methoxy groups -OCH3 is 1. The summed E-state index contributed by atoms with van der Waals surface area (Å²) in [5.74, 6) is 0.0450. The van der Waals surface area contributed by atoms with Crippen LogP contribution in [0.2, 0.25) is 0 Å². The molecule has 0 aromatic heterocycles. The van der Waals surface area contributed by atoms with Gasteiger partial charge in [0.15, 0.2) is 0 Å². The van der Waals surface area contributed by atoms with E-state index in [-0.39, 0.29) is 29.3 Å². The van der Waals surface area contributed by atoms with E-state index in [1.54, 1.807) is 24.3 Å². The highest BCUT2D eigenvalue weighted by Gasteiger charge is 2.52. The summed E-state index contributed by atoms with van der Waals surface area (Å²) in [6, 6.07) is 6.34. The number of nitrogens with one attached hydrogen (secondary N) is 1. The molecule has 0 bridgehead atoms. The summed E-state index contributed by atoms with van der Waals surface area (Å²) in [6.07, 6.45) is 6.99. The maximum atomic E-state index is 12.8. The van der Waals surface area contributed by atoms with Crippen molar-refractivity contribution in [3.05, 3.63) is 29.8 Å². The molecule has 1 aromatic carbocycles. The average molecular weight is 417 g/mol. The first-order valence-corrected chi connectivity index (χ1v) is 10.8. The Labute approximate surface area is 167 Å². The van der Waals surface area contributed by atoms with Crippen LogP contribution in [-0.4, -0.2) is 34.1 Å². The minimum Gasteiger partial charge on any atom is -0.468 e. The number of hydrogen-bond acceptors (Lipinski definition) is 5. The lowest BCUT2D eigenvalue weighted by molar-refractivity contribution is -0.143. The SMILES string of the molecule is COC(=O)C1(c2ccc(S(=O)(=O)NC(CN)C3CCCCC3)cc2)CC1.Cl. The fraction of sp³-hybridized carbons (Fsp3) is 0.632. The highest BCUT2D eigenvalue weighted by Crippen LogP contribution is 2.49. The Morgan fingerprint density at radius 3 is 2.30 bits per heavy atom. The van der Waals surface area contributed by atoms with Crippen molar-refractivity contribution >= 4 is 28.4 Å². The third-order valence-corrected chi connectivity index (χ3v) is 7.33. The molecule has 0 heterocycles. The van der Waals surface area contributed by atoms with Gasteiger partial charge in [0.1, 0.15) is 0 Å². The minimum atomic E-state index is -3.63. The Morgan fingerprint density at radius 1 is 1.22 bits per heavy atom. The largest absolute Gasteiger partial charge is 0.468 e. The zero-order valence-electron chi connectivity index (χ0n) is 15.6. The third kappa shape index (κ3) is 4.65. The summed E-state index contributed by atoms with van der Waals surface area (Å²) in [5, 5.41) is 0. The predicted molar refractivity (Wildman–Crippen MR) is 106 cm³/mol. The molecule has 2 saturated carbocycles. The van der Waals surface area contributed by atoms with E-state index in [1.165, 1.54) is 13.5 Å². The van der Waals surface area contributed by atoms with Gasteiger partial charge in [-0.1, -0.05) is 31.4 Å². The van der Waals surface area contributed by atoms with E-state index in [0.29, 0.717) is 12.5 Å². The number of carbonyl (C=O) groups is 1. The first-order valence-electron chi connectivity index (χ1n) is 9.34. The molecular weight excluding hydrogens is 388 g/mol. The molecule has 2 aliphatic carbocycles. The second-order valence-electron chi connectivity index (χ2n) is 7.46. The summed E-state index contributed by atoms with van der Waals surface area (Å²) >= 11 is 0. The smallest absolute Gasteiger partial charge is 0.316 e. The number of benzene rings is 1. The van der Waals surface area contributed by atoms with Gasteiger partial charge >= 0.3 is 5.97 Å². The Kier molecular flexibility index (Phi) is 7.30. The zero-order chi connectivity index (χ0) is 18.8. The van der Waals surface area contributed by atoms with Gasteiger partial charge in [0.05, 0.1) is 17.4 Å². The minimum absolute atomic E-state index is 0. The van der Waals surface area contributed by atoms with Gasteiger partial charge in [-0.2, -0.15) is 0 Å². The number of ether oxygens (including phenoxy) is 1. The van der Waals surface area contributed by atoms with Crippen molar-refractivity contribution in [2.75, 3.05) is 13.7 Å². The van der Waals surface area contributed by atoms with Crippen molar-refractivity contribution in [3.8, 4) is 0 Å². The van der Waals surface area contributed by atoms with Crippen LogP contribution < -0.4 is 10.5 Å².